The van der Waals surface area contributed by atoms with Gasteiger partial charge in [0.05, 0.1) is 11.0 Å². The Morgan fingerprint density at radius 2 is 0.868 bits per heavy atom. The summed E-state index contributed by atoms with van der Waals surface area (Å²) in [6, 6.07) is 44.7. The van der Waals surface area contributed by atoms with Crippen molar-refractivity contribution in [2.24, 2.45) is 0 Å². The highest BCUT2D eigenvalue weighted by Crippen LogP contribution is 2.47. The molecule has 0 bridgehead atoms. The number of furan rings is 1. The highest BCUT2D eigenvalue weighted by atomic mass is 16.3. The van der Waals surface area contributed by atoms with Gasteiger partial charge in [0.15, 0.2) is 0 Å². The SMILES string of the molecule is [2H]c1c([2H])c([2H])c2c(-c3ccc4c(-c5ccccc5)c(-c5cccc6ccccc56)oc4c3)c3c([2H])c([2H])c([2H])c([2H])c3c(-c3ccc4c(ccc5ccccc54)c3)c2c1[2H]. The summed E-state index contributed by atoms with van der Waals surface area (Å²) in [4.78, 5) is 0. The van der Waals surface area contributed by atoms with Gasteiger partial charge in [0, 0.05) is 16.5 Å². The summed E-state index contributed by atoms with van der Waals surface area (Å²) in [6.07, 6.45) is 0. The van der Waals surface area contributed by atoms with Crippen LogP contribution in [0, 0.1) is 0 Å². The minimum atomic E-state index is -0.446. The van der Waals surface area contributed by atoms with E-state index in [-0.39, 0.29) is 51.3 Å². The zero-order chi connectivity index (χ0) is 41.8. The van der Waals surface area contributed by atoms with Crippen LogP contribution in [0.1, 0.15) is 11.0 Å². The molecule has 0 N–H and O–H groups in total. The van der Waals surface area contributed by atoms with Gasteiger partial charge in [-0.05, 0) is 99.9 Å². The Hall–Kier alpha value is -6.96. The van der Waals surface area contributed by atoms with Crippen molar-refractivity contribution < 1.29 is 15.4 Å². The van der Waals surface area contributed by atoms with Crippen molar-refractivity contribution in [3.63, 3.8) is 0 Å². The summed E-state index contributed by atoms with van der Waals surface area (Å²) in [7, 11) is 0. The smallest absolute Gasteiger partial charge is 0.143 e. The van der Waals surface area contributed by atoms with E-state index < -0.39 is 24.2 Å². The summed E-state index contributed by atoms with van der Waals surface area (Å²) in [6.45, 7) is 0. The van der Waals surface area contributed by atoms with Crippen molar-refractivity contribution in [2.45, 2.75) is 0 Å². The molecule has 1 heterocycles. The van der Waals surface area contributed by atoms with Gasteiger partial charge < -0.3 is 4.42 Å². The van der Waals surface area contributed by atoms with E-state index in [1.54, 1.807) is 0 Å². The van der Waals surface area contributed by atoms with Crippen molar-refractivity contribution in [2.75, 3.05) is 0 Å². The lowest BCUT2D eigenvalue weighted by Gasteiger charge is -2.18. The lowest BCUT2D eigenvalue weighted by atomic mass is 9.85. The van der Waals surface area contributed by atoms with E-state index in [0.29, 0.717) is 28.0 Å². The van der Waals surface area contributed by atoms with E-state index in [0.717, 1.165) is 54.4 Å². The van der Waals surface area contributed by atoms with Crippen LogP contribution in [-0.4, -0.2) is 0 Å². The predicted molar refractivity (Wildman–Crippen MR) is 225 cm³/mol. The fraction of sp³-hybridized carbons (Fsp3) is 0. The fourth-order valence-electron chi connectivity index (χ4n) is 8.13. The summed E-state index contributed by atoms with van der Waals surface area (Å²) in [5.41, 5.74) is 4.87. The highest BCUT2D eigenvalue weighted by Gasteiger charge is 2.22. The summed E-state index contributed by atoms with van der Waals surface area (Å²) < 4.78 is 80.4. The molecule has 0 saturated heterocycles. The molecule has 246 valence electrons. The second-order valence-electron chi connectivity index (χ2n) is 13.4. The molecule has 0 aliphatic carbocycles. The minimum Gasteiger partial charge on any atom is -0.455 e. The summed E-state index contributed by atoms with van der Waals surface area (Å²) in [5.74, 6) is 0.660. The van der Waals surface area contributed by atoms with Gasteiger partial charge in [-0.2, -0.15) is 0 Å². The van der Waals surface area contributed by atoms with Gasteiger partial charge in [0.2, 0.25) is 0 Å². The first-order chi connectivity index (χ1) is 29.6. The quantitative estimate of drug-likeness (QED) is 0.133. The van der Waals surface area contributed by atoms with E-state index in [1.165, 1.54) is 0 Å². The molecule has 53 heavy (non-hydrogen) atoms. The zero-order valence-corrected chi connectivity index (χ0v) is 28.3. The molecule has 0 amide bonds. The Morgan fingerprint density at radius 1 is 0.340 bits per heavy atom. The first-order valence-corrected chi connectivity index (χ1v) is 17.6. The number of hydrogen-bond acceptors (Lipinski definition) is 1. The second kappa shape index (κ2) is 11.8. The molecule has 0 fully saturated rings. The lowest BCUT2D eigenvalue weighted by molar-refractivity contribution is 0.633. The van der Waals surface area contributed by atoms with E-state index in [4.69, 9.17) is 9.90 Å². The molecule has 11 rings (SSSR count). The van der Waals surface area contributed by atoms with E-state index in [9.17, 15) is 5.48 Å². The molecular weight excluding hydrogens is 641 g/mol. The van der Waals surface area contributed by atoms with Crippen LogP contribution >= 0.6 is 0 Å². The van der Waals surface area contributed by atoms with Gasteiger partial charge >= 0.3 is 0 Å². The van der Waals surface area contributed by atoms with Crippen molar-refractivity contribution in [1.29, 1.82) is 0 Å². The zero-order valence-electron chi connectivity index (χ0n) is 36.3. The topological polar surface area (TPSA) is 13.1 Å². The van der Waals surface area contributed by atoms with E-state index in [1.807, 2.05) is 127 Å². The number of rotatable bonds is 4. The van der Waals surface area contributed by atoms with Gasteiger partial charge in [-0.25, -0.2) is 0 Å². The Morgan fingerprint density at radius 3 is 1.57 bits per heavy atom. The minimum absolute atomic E-state index is 0.153. The maximum absolute atomic E-state index is 9.49. The lowest BCUT2D eigenvalue weighted by Crippen LogP contribution is -1.91. The molecule has 0 aliphatic rings. The van der Waals surface area contributed by atoms with Crippen LogP contribution in [0.5, 0.6) is 0 Å². The molecule has 1 nitrogen and oxygen atoms in total. The van der Waals surface area contributed by atoms with Gasteiger partial charge in [-0.15, -0.1) is 0 Å². The van der Waals surface area contributed by atoms with Crippen molar-refractivity contribution in [3.8, 4) is 44.7 Å². The summed E-state index contributed by atoms with van der Waals surface area (Å²) in [5, 5.41) is 7.51. The van der Waals surface area contributed by atoms with Crippen LogP contribution in [0.3, 0.4) is 0 Å². The van der Waals surface area contributed by atoms with Gasteiger partial charge in [-0.1, -0.05) is 176 Å². The van der Waals surface area contributed by atoms with E-state index >= 15 is 0 Å². The van der Waals surface area contributed by atoms with Gasteiger partial charge in [-0.3, -0.25) is 0 Å². The second-order valence-corrected chi connectivity index (χ2v) is 13.4. The maximum atomic E-state index is 9.49. The third-order valence-electron chi connectivity index (χ3n) is 10.5. The van der Waals surface area contributed by atoms with Crippen molar-refractivity contribution in [1.82, 2.24) is 0 Å². The molecule has 1 aromatic heterocycles. The maximum Gasteiger partial charge on any atom is 0.143 e. The highest BCUT2D eigenvalue weighted by molar-refractivity contribution is 6.22. The van der Waals surface area contributed by atoms with Crippen LogP contribution in [0.15, 0.2) is 198 Å². The first kappa shape index (κ1) is 22.8. The van der Waals surface area contributed by atoms with Crippen LogP contribution in [0.25, 0.3) is 110 Å². The molecule has 0 radical (unpaired) electrons. The third-order valence-corrected chi connectivity index (χ3v) is 10.5. The van der Waals surface area contributed by atoms with Crippen LogP contribution < -0.4 is 0 Å². The number of benzene rings is 10. The first-order valence-electron chi connectivity index (χ1n) is 21.6. The molecule has 0 saturated carbocycles. The molecule has 11 aromatic rings. The monoisotopic (exact) mass is 680 g/mol. The molecular formula is C52H32O. The standard InChI is InChI=1S/C52H32O/c1-2-15-35(16-3-1)51-47-30-28-38(32-48(47)53-52(51)46-24-12-17-33-13-4-7-19-40(33)46)50-44-22-10-8-20-42(44)49(43-21-9-11-23-45(43)50)37-27-29-41-36(31-37)26-25-34-14-5-6-18-39(34)41/h1-32H/i8D,9D,10D,11D,20D,21D,22D,23D. The van der Waals surface area contributed by atoms with Crippen LogP contribution in [-0.2, 0) is 0 Å². The van der Waals surface area contributed by atoms with Crippen molar-refractivity contribution >= 4 is 64.8 Å². The largest absolute Gasteiger partial charge is 0.455 e. The van der Waals surface area contributed by atoms with Crippen molar-refractivity contribution in [3.05, 3.63) is 194 Å². The normalized spacial score (nSPS) is 13.9. The fourth-order valence-corrected chi connectivity index (χ4v) is 8.13. The number of hydrogen-bond donors (Lipinski definition) is 0. The Balaban J connectivity index is 1.28. The van der Waals surface area contributed by atoms with Gasteiger partial charge in [0.1, 0.15) is 11.3 Å². The average Bonchev–Trinajstić information content (AvgIpc) is 3.69. The molecule has 0 atom stereocenters. The number of fused-ring (bicyclic) bond motifs is 7. The van der Waals surface area contributed by atoms with E-state index in [2.05, 4.69) is 18.2 Å². The Bertz CT molecular complexity index is 3600. The Labute approximate surface area is 318 Å². The molecule has 0 spiro atoms. The van der Waals surface area contributed by atoms with Crippen LogP contribution in [0.2, 0.25) is 0 Å². The molecule has 1 heteroatoms. The molecule has 10 aromatic carbocycles. The summed E-state index contributed by atoms with van der Waals surface area (Å²) >= 11 is 0. The molecule has 0 unspecified atom stereocenters. The third kappa shape index (κ3) is 4.64. The van der Waals surface area contributed by atoms with Crippen LogP contribution in [0.4, 0.5) is 0 Å². The Kier molecular flexibility index (Phi) is 5.07. The average molecular weight is 681 g/mol. The molecule has 0 aliphatic heterocycles. The predicted octanol–water partition coefficient (Wildman–Crippen LogP) is 14.9. The van der Waals surface area contributed by atoms with Gasteiger partial charge in [0.25, 0.3) is 0 Å².